The topological polar surface area (TPSA) is 72.6 Å². The summed E-state index contributed by atoms with van der Waals surface area (Å²) in [4.78, 5) is 16.0. The van der Waals surface area contributed by atoms with Gasteiger partial charge in [0.2, 0.25) is 5.78 Å². The van der Waals surface area contributed by atoms with Crippen molar-refractivity contribution in [3.05, 3.63) is 47.2 Å². The smallest absolute Gasteiger partial charge is 0.440 e. The number of carbonyl (C=O) groups is 1. The van der Waals surface area contributed by atoms with Gasteiger partial charge in [0, 0.05) is 6.42 Å². The number of aryl methyl sites for hydroxylation is 1. The van der Waals surface area contributed by atoms with Crippen LogP contribution in [0.4, 0.5) is 0 Å². The zero-order valence-corrected chi connectivity index (χ0v) is 10.4. The highest BCUT2D eigenvalue weighted by molar-refractivity contribution is 6.61. The third kappa shape index (κ3) is 2.20. The standard InChI is InChI=1S/C13H12BNO4/c1-8-13(18-7-15-8)12(16)5-9-2-3-10-6-19-14(17)11(10)4-9/h2-4,7,17H,5-6H2,1H3. The van der Waals surface area contributed by atoms with E-state index in [2.05, 4.69) is 4.98 Å². The van der Waals surface area contributed by atoms with Crippen molar-refractivity contribution in [3.8, 4) is 0 Å². The van der Waals surface area contributed by atoms with Gasteiger partial charge in [0.05, 0.1) is 12.3 Å². The summed E-state index contributed by atoms with van der Waals surface area (Å²) >= 11 is 0. The number of Topliss-reactive ketones (excluding diaryl/α,β-unsaturated/α-hetero) is 1. The van der Waals surface area contributed by atoms with Crippen LogP contribution in [0.25, 0.3) is 0 Å². The van der Waals surface area contributed by atoms with Crippen LogP contribution in [-0.4, -0.2) is 22.9 Å². The largest absolute Gasteiger partial charge is 0.491 e. The van der Waals surface area contributed by atoms with Gasteiger partial charge in [-0.2, -0.15) is 0 Å². The lowest BCUT2D eigenvalue weighted by Crippen LogP contribution is -2.28. The molecule has 1 N–H and O–H groups in total. The first-order valence-corrected chi connectivity index (χ1v) is 6.00. The molecule has 0 saturated carbocycles. The fourth-order valence-electron chi connectivity index (χ4n) is 2.21. The maximum atomic E-state index is 12.1. The summed E-state index contributed by atoms with van der Waals surface area (Å²) in [6, 6.07) is 5.54. The fourth-order valence-corrected chi connectivity index (χ4v) is 2.21. The van der Waals surface area contributed by atoms with E-state index in [0.717, 1.165) is 16.6 Å². The van der Waals surface area contributed by atoms with Gasteiger partial charge in [0.15, 0.2) is 12.2 Å². The average Bonchev–Trinajstić information content (AvgIpc) is 2.97. The monoisotopic (exact) mass is 257 g/mol. The summed E-state index contributed by atoms with van der Waals surface area (Å²) in [6.07, 6.45) is 1.49. The molecule has 96 valence electrons. The highest BCUT2D eigenvalue weighted by atomic mass is 16.5. The molecule has 1 aromatic carbocycles. The van der Waals surface area contributed by atoms with Gasteiger partial charge in [-0.1, -0.05) is 18.2 Å². The number of rotatable bonds is 3. The molecule has 0 aliphatic carbocycles. The number of fused-ring (bicyclic) bond motifs is 1. The molecular weight excluding hydrogens is 245 g/mol. The van der Waals surface area contributed by atoms with Gasteiger partial charge in [0.1, 0.15) is 0 Å². The average molecular weight is 257 g/mol. The summed E-state index contributed by atoms with van der Waals surface area (Å²) in [6.45, 7) is 2.14. The van der Waals surface area contributed by atoms with Gasteiger partial charge < -0.3 is 14.1 Å². The lowest BCUT2D eigenvalue weighted by atomic mass is 9.78. The van der Waals surface area contributed by atoms with Crippen LogP contribution < -0.4 is 5.46 Å². The quantitative estimate of drug-likeness (QED) is 0.644. The van der Waals surface area contributed by atoms with Crippen molar-refractivity contribution >= 4 is 18.4 Å². The molecule has 0 amide bonds. The zero-order valence-electron chi connectivity index (χ0n) is 10.4. The summed E-state index contributed by atoms with van der Waals surface area (Å²) in [5, 5.41) is 9.63. The van der Waals surface area contributed by atoms with Gasteiger partial charge in [0.25, 0.3) is 0 Å². The van der Waals surface area contributed by atoms with Gasteiger partial charge in [-0.15, -0.1) is 0 Å². The first-order chi connectivity index (χ1) is 9.15. The minimum Gasteiger partial charge on any atom is -0.440 e. The zero-order chi connectivity index (χ0) is 13.4. The molecule has 0 saturated heterocycles. The molecule has 6 heteroatoms. The van der Waals surface area contributed by atoms with Crippen molar-refractivity contribution in [1.82, 2.24) is 4.98 Å². The molecule has 5 nitrogen and oxygen atoms in total. The summed E-state index contributed by atoms with van der Waals surface area (Å²) in [5.41, 5.74) is 3.11. The fraction of sp³-hybridized carbons (Fsp3) is 0.231. The van der Waals surface area contributed by atoms with Crippen molar-refractivity contribution in [3.63, 3.8) is 0 Å². The molecule has 0 fully saturated rings. The summed E-state index contributed by atoms with van der Waals surface area (Å²) in [5.74, 6) is 0.167. The number of aromatic nitrogens is 1. The Balaban J connectivity index is 1.83. The van der Waals surface area contributed by atoms with Crippen LogP contribution >= 0.6 is 0 Å². The molecule has 0 radical (unpaired) electrons. The van der Waals surface area contributed by atoms with E-state index in [0.29, 0.717) is 12.3 Å². The van der Waals surface area contributed by atoms with E-state index in [-0.39, 0.29) is 18.0 Å². The number of hydrogen-bond donors (Lipinski definition) is 1. The molecule has 0 bridgehead atoms. The van der Waals surface area contributed by atoms with Gasteiger partial charge in [-0.3, -0.25) is 4.79 Å². The van der Waals surface area contributed by atoms with E-state index in [4.69, 9.17) is 9.07 Å². The second-order valence-electron chi connectivity index (χ2n) is 4.56. The number of nitrogens with zero attached hydrogens (tertiary/aromatic N) is 1. The minimum absolute atomic E-state index is 0.122. The Kier molecular flexibility index (Phi) is 2.96. The Morgan fingerprint density at radius 3 is 3.11 bits per heavy atom. The molecule has 3 rings (SSSR count). The van der Waals surface area contributed by atoms with Crippen molar-refractivity contribution in [2.45, 2.75) is 20.0 Å². The molecule has 0 unspecified atom stereocenters. The minimum atomic E-state index is -0.892. The molecule has 1 aliphatic heterocycles. The van der Waals surface area contributed by atoms with Crippen molar-refractivity contribution in [2.24, 2.45) is 0 Å². The van der Waals surface area contributed by atoms with Crippen molar-refractivity contribution in [1.29, 1.82) is 0 Å². The molecular formula is C13H12BNO4. The number of carbonyl (C=O) groups excluding carboxylic acids is 1. The van der Waals surface area contributed by atoms with E-state index < -0.39 is 7.12 Å². The molecule has 0 atom stereocenters. The molecule has 2 aromatic rings. The third-order valence-corrected chi connectivity index (χ3v) is 3.24. The van der Waals surface area contributed by atoms with Crippen LogP contribution in [0.2, 0.25) is 0 Å². The maximum absolute atomic E-state index is 12.1. The molecule has 19 heavy (non-hydrogen) atoms. The SMILES string of the molecule is Cc1ncoc1C(=O)Cc1ccc2c(c1)B(O)OC2. The predicted molar refractivity (Wildman–Crippen MR) is 68.1 cm³/mol. The third-order valence-electron chi connectivity index (χ3n) is 3.24. The Morgan fingerprint density at radius 2 is 2.37 bits per heavy atom. The van der Waals surface area contributed by atoms with Crippen molar-refractivity contribution in [2.75, 3.05) is 0 Å². The lowest BCUT2D eigenvalue weighted by molar-refractivity contribution is 0.0965. The number of benzene rings is 1. The number of oxazole rings is 1. The van der Waals surface area contributed by atoms with Crippen LogP contribution in [0.15, 0.2) is 29.0 Å². The Bertz CT molecular complexity index is 637. The lowest BCUT2D eigenvalue weighted by Gasteiger charge is -2.03. The molecule has 1 aromatic heterocycles. The van der Waals surface area contributed by atoms with Crippen LogP contribution in [0.1, 0.15) is 27.4 Å². The first-order valence-electron chi connectivity index (χ1n) is 6.00. The van der Waals surface area contributed by atoms with Gasteiger partial charge in [-0.25, -0.2) is 4.98 Å². The summed E-state index contributed by atoms with van der Waals surface area (Å²) < 4.78 is 10.2. The molecule has 1 aliphatic rings. The second-order valence-corrected chi connectivity index (χ2v) is 4.56. The van der Waals surface area contributed by atoms with E-state index in [1.54, 1.807) is 13.0 Å². The Morgan fingerprint density at radius 1 is 1.53 bits per heavy atom. The van der Waals surface area contributed by atoms with E-state index in [9.17, 15) is 9.82 Å². The highest BCUT2D eigenvalue weighted by Gasteiger charge is 2.27. The van der Waals surface area contributed by atoms with E-state index in [1.165, 1.54) is 6.39 Å². The highest BCUT2D eigenvalue weighted by Crippen LogP contribution is 2.14. The Labute approximate surface area is 110 Å². The molecule has 0 spiro atoms. The number of ketones is 1. The van der Waals surface area contributed by atoms with E-state index in [1.807, 2.05) is 12.1 Å². The van der Waals surface area contributed by atoms with Gasteiger partial charge in [-0.05, 0) is 23.5 Å². The normalized spacial score (nSPS) is 13.7. The molecule has 2 heterocycles. The maximum Gasteiger partial charge on any atom is 0.491 e. The van der Waals surface area contributed by atoms with Crippen LogP contribution in [0.3, 0.4) is 0 Å². The van der Waals surface area contributed by atoms with Crippen molar-refractivity contribution < 1.29 is 18.9 Å². The summed E-state index contributed by atoms with van der Waals surface area (Å²) in [7, 11) is -0.892. The van der Waals surface area contributed by atoms with Crippen LogP contribution in [0, 0.1) is 6.92 Å². The van der Waals surface area contributed by atoms with Crippen LogP contribution in [0.5, 0.6) is 0 Å². The Hall–Kier alpha value is -1.92. The predicted octanol–water partition coefficient (Wildman–Crippen LogP) is 0.626. The van der Waals surface area contributed by atoms with Gasteiger partial charge >= 0.3 is 7.12 Å². The number of hydrogen-bond acceptors (Lipinski definition) is 5. The van der Waals surface area contributed by atoms with E-state index >= 15 is 0 Å². The second kappa shape index (κ2) is 4.64. The van der Waals surface area contributed by atoms with Crippen LogP contribution in [-0.2, 0) is 17.7 Å². The first kappa shape index (κ1) is 12.1.